The molecular formula is C19H21N5O4. The van der Waals surface area contributed by atoms with Crippen LogP contribution in [0.5, 0.6) is 0 Å². The Bertz CT molecular complexity index is 1020. The van der Waals surface area contributed by atoms with E-state index in [0.717, 1.165) is 33.9 Å². The van der Waals surface area contributed by atoms with Crippen molar-refractivity contribution in [1.82, 2.24) is 19.8 Å². The lowest BCUT2D eigenvalue weighted by Gasteiger charge is -2.16. The van der Waals surface area contributed by atoms with Gasteiger partial charge in [-0.1, -0.05) is 5.16 Å². The number of hydrogen-bond acceptors (Lipinski definition) is 6. The second-order valence-electron chi connectivity index (χ2n) is 7.02. The van der Waals surface area contributed by atoms with Crippen LogP contribution >= 0.6 is 0 Å². The minimum absolute atomic E-state index is 0.0257. The molecule has 0 unspecified atom stereocenters. The van der Waals surface area contributed by atoms with Crippen molar-refractivity contribution in [3.63, 3.8) is 0 Å². The highest BCUT2D eigenvalue weighted by Crippen LogP contribution is 2.25. The van der Waals surface area contributed by atoms with Crippen LogP contribution in [0.2, 0.25) is 0 Å². The number of carbonyl (C=O) groups excluding carboxylic acids is 2. The summed E-state index contributed by atoms with van der Waals surface area (Å²) in [5.41, 5.74) is 4.06. The smallest absolute Gasteiger partial charge is 0.332 e. The second kappa shape index (κ2) is 6.66. The fourth-order valence-corrected chi connectivity index (χ4v) is 3.40. The maximum absolute atomic E-state index is 12.8. The molecule has 0 radical (unpaired) electrons. The first-order valence-corrected chi connectivity index (χ1v) is 8.94. The maximum Gasteiger partial charge on any atom is 0.332 e. The minimum atomic E-state index is -0.359. The molecule has 9 nitrogen and oxygen atoms in total. The van der Waals surface area contributed by atoms with Crippen LogP contribution in [-0.4, -0.2) is 38.3 Å². The van der Waals surface area contributed by atoms with Crippen molar-refractivity contribution < 1.29 is 18.5 Å². The fourth-order valence-electron chi connectivity index (χ4n) is 3.40. The van der Waals surface area contributed by atoms with Crippen LogP contribution in [-0.2, 0) is 17.9 Å². The van der Waals surface area contributed by atoms with Crippen molar-refractivity contribution in [2.75, 3.05) is 11.4 Å². The quantitative estimate of drug-likeness (QED) is 0.629. The minimum Gasteiger partial charge on any atom is -0.469 e. The van der Waals surface area contributed by atoms with Crippen molar-refractivity contribution in [2.45, 2.75) is 40.8 Å². The van der Waals surface area contributed by atoms with Crippen LogP contribution < -0.4 is 4.90 Å². The molecule has 0 aromatic carbocycles. The Kier molecular flexibility index (Phi) is 4.29. The average molecular weight is 383 g/mol. The van der Waals surface area contributed by atoms with E-state index in [1.165, 1.54) is 16.0 Å². The van der Waals surface area contributed by atoms with E-state index in [2.05, 4.69) is 10.3 Å². The number of anilines is 1. The summed E-state index contributed by atoms with van der Waals surface area (Å²) in [5.74, 6) is 1.20. The molecule has 4 heterocycles. The van der Waals surface area contributed by atoms with Crippen molar-refractivity contribution in [1.29, 1.82) is 0 Å². The largest absolute Gasteiger partial charge is 0.469 e. The van der Waals surface area contributed by atoms with Gasteiger partial charge in [-0.25, -0.2) is 9.69 Å². The first kappa shape index (κ1) is 18.0. The second-order valence-corrected chi connectivity index (χ2v) is 7.02. The van der Waals surface area contributed by atoms with E-state index in [4.69, 9.17) is 8.94 Å². The molecule has 0 N–H and O–H groups in total. The van der Waals surface area contributed by atoms with E-state index in [1.807, 2.05) is 27.7 Å². The summed E-state index contributed by atoms with van der Waals surface area (Å²) in [7, 11) is 0. The van der Waals surface area contributed by atoms with Gasteiger partial charge >= 0.3 is 6.03 Å². The van der Waals surface area contributed by atoms with Crippen LogP contribution in [0.3, 0.4) is 0 Å². The molecule has 0 bridgehead atoms. The number of hydrogen-bond donors (Lipinski definition) is 0. The zero-order valence-electron chi connectivity index (χ0n) is 16.2. The van der Waals surface area contributed by atoms with Gasteiger partial charge in [0.05, 0.1) is 36.9 Å². The summed E-state index contributed by atoms with van der Waals surface area (Å²) in [6.45, 7) is 8.29. The van der Waals surface area contributed by atoms with Crippen molar-refractivity contribution in [2.24, 2.45) is 0 Å². The third-order valence-electron chi connectivity index (χ3n) is 5.08. The molecule has 28 heavy (non-hydrogen) atoms. The third kappa shape index (κ3) is 2.98. The summed E-state index contributed by atoms with van der Waals surface area (Å²) in [6.07, 6.45) is 4.86. The number of carbonyl (C=O) groups is 2. The summed E-state index contributed by atoms with van der Waals surface area (Å²) in [5, 5.41) is 8.21. The van der Waals surface area contributed by atoms with Crippen LogP contribution in [0.1, 0.15) is 33.9 Å². The Labute approximate surface area is 161 Å². The molecule has 0 saturated carbocycles. The summed E-state index contributed by atoms with van der Waals surface area (Å²) >= 11 is 0. The number of imide groups is 1. The monoisotopic (exact) mass is 383 g/mol. The van der Waals surface area contributed by atoms with Gasteiger partial charge in [-0.15, -0.1) is 0 Å². The van der Waals surface area contributed by atoms with Gasteiger partial charge in [0.2, 0.25) is 0 Å². The van der Waals surface area contributed by atoms with Gasteiger partial charge in [0, 0.05) is 17.3 Å². The molecule has 1 aliphatic heterocycles. The molecule has 4 rings (SSSR count). The number of rotatable bonds is 5. The predicted molar refractivity (Wildman–Crippen MR) is 98.8 cm³/mol. The van der Waals surface area contributed by atoms with Crippen LogP contribution in [0.25, 0.3) is 0 Å². The molecule has 0 atom stereocenters. The van der Waals surface area contributed by atoms with Crippen molar-refractivity contribution in [3.8, 4) is 0 Å². The highest BCUT2D eigenvalue weighted by atomic mass is 16.5. The van der Waals surface area contributed by atoms with Crippen molar-refractivity contribution in [3.05, 3.63) is 52.6 Å². The number of nitrogens with zero attached hydrogens (tertiary/aromatic N) is 5. The van der Waals surface area contributed by atoms with Crippen LogP contribution in [0.15, 0.2) is 27.6 Å². The SMILES string of the molecule is Cc1coc(C)c1CN1CC(=O)N(c2cnn(Cc3c(C)noc3C)c2)C1=O. The van der Waals surface area contributed by atoms with Gasteiger partial charge in [0.25, 0.3) is 5.91 Å². The van der Waals surface area contributed by atoms with Gasteiger partial charge in [0.15, 0.2) is 0 Å². The fraction of sp³-hybridized carbons (Fsp3) is 0.368. The summed E-state index contributed by atoms with van der Waals surface area (Å²) < 4.78 is 12.2. The average Bonchev–Trinajstić information content (AvgIpc) is 3.38. The van der Waals surface area contributed by atoms with Gasteiger partial charge in [-0.2, -0.15) is 5.10 Å². The first-order chi connectivity index (χ1) is 13.3. The molecule has 146 valence electrons. The third-order valence-corrected chi connectivity index (χ3v) is 5.08. The zero-order valence-corrected chi connectivity index (χ0v) is 16.2. The highest BCUT2D eigenvalue weighted by Gasteiger charge is 2.38. The lowest BCUT2D eigenvalue weighted by Crippen LogP contribution is -2.32. The number of furan rings is 1. The molecule has 3 aromatic rings. The van der Waals surface area contributed by atoms with E-state index in [9.17, 15) is 9.59 Å². The molecule has 3 amide bonds. The Morgan fingerprint density at radius 2 is 1.86 bits per heavy atom. The molecular weight excluding hydrogens is 362 g/mol. The van der Waals surface area contributed by atoms with Gasteiger partial charge in [-0.3, -0.25) is 9.48 Å². The normalized spacial score (nSPS) is 14.6. The Hall–Kier alpha value is -3.36. The van der Waals surface area contributed by atoms with Gasteiger partial charge in [-0.05, 0) is 33.3 Å². The summed E-state index contributed by atoms with van der Waals surface area (Å²) in [6, 6.07) is -0.359. The van der Waals surface area contributed by atoms with Crippen molar-refractivity contribution >= 4 is 17.6 Å². The highest BCUT2D eigenvalue weighted by molar-refractivity contribution is 6.19. The molecule has 9 heteroatoms. The topological polar surface area (TPSA) is 97.6 Å². The standard InChI is InChI=1S/C19H21N5O4/c1-11-10-27-13(3)16(11)7-22-9-18(25)24(19(22)26)15-5-20-23(6-15)8-17-12(2)21-28-14(17)4/h5-6,10H,7-9H2,1-4H3. The molecule has 1 aliphatic rings. The van der Waals surface area contributed by atoms with Gasteiger partial charge < -0.3 is 13.8 Å². The van der Waals surface area contributed by atoms with E-state index < -0.39 is 0 Å². The lowest BCUT2D eigenvalue weighted by atomic mass is 10.1. The van der Waals surface area contributed by atoms with E-state index in [-0.39, 0.29) is 18.5 Å². The van der Waals surface area contributed by atoms with Crippen LogP contribution in [0, 0.1) is 27.7 Å². The molecule has 0 aliphatic carbocycles. The van der Waals surface area contributed by atoms with E-state index in [0.29, 0.717) is 18.8 Å². The predicted octanol–water partition coefficient (Wildman–Crippen LogP) is 2.71. The Morgan fingerprint density at radius 3 is 2.50 bits per heavy atom. The number of urea groups is 1. The van der Waals surface area contributed by atoms with E-state index in [1.54, 1.807) is 17.1 Å². The molecule has 1 fully saturated rings. The first-order valence-electron chi connectivity index (χ1n) is 8.94. The van der Waals surface area contributed by atoms with Crippen LogP contribution in [0.4, 0.5) is 10.5 Å². The lowest BCUT2D eigenvalue weighted by molar-refractivity contribution is -0.116. The zero-order chi connectivity index (χ0) is 20.0. The van der Waals surface area contributed by atoms with E-state index >= 15 is 0 Å². The molecule has 0 spiro atoms. The number of aryl methyl sites for hydroxylation is 4. The Balaban J connectivity index is 1.52. The maximum atomic E-state index is 12.8. The molecule has 1 saturated heterocycles. The molecule has 3 aromatic heterocycles. The number of amides is 3. The Morgan fingerprint density at radius 1 is 1.07 bits per heavy atom. The van der Waals surface area contributed by atoms with Gasteiger partial charge in [0.1, 0.15) is 18.1 Å². The number of aromatic nitrogens is 3. The summed E-state index contributed by atoms with van der Waals surface area (Å²) in [4.78, 5) is 28.0.